The Labute approximate surface area is 160 Å². The Bertz CT molecular complexity index is 1040. The molecule has 0 saturated carbocycles. The number of halogens is 3. The lowest BCUT2D eigenvalue weighted by Gasteiger charge is -2.17. The number of nitrogens with zero attached hydrogens (tertiary/aromatic N) is 3. The van der Waals surface area contributed by atoms with Crippen molar-refractivity contribution < 1.29 is 18.3 Å². The Balaban J connectivity index is 2.02. The van der Waals surface area contributed by atoms with E-state index in [0.717, 1.165) is 24.2 Å². The van der Waals surface area contributed by atoms with E-state index in [9.17, 15) is 18.3 Å². The van der Waals surface area contributed by atoms with Gasteiger partial charge in [0.05, 0.1) is 17.0 Å². The van der Waals surface area contributed by atoms with Crippen molar-refractivity contribution in [2.45, 2.75) is 32.2 Å². The van der Waals surface area contributed by atoms with Gasteiger partial charge in [0.2, 0.25) is 6.23 Å². The molecule has 28 heavy (non-hydrogen) atoms. The molecule has 1 N–H and O–H groups in total. The average molecular weight is 385 g/mol. The molecule has 4 rings (SSSR count). The Hall–Kier alpha value is -2.93. The summed E-state index contributed by atoms with van der Waals surface area (Å²) in [5, 5.41) is 10.7. The van der Waals surface area contributed by atoms with Crippen LogP contribution in [-0.4, -0.2) is 20.4 Å². The second-order valence-electron chi connectivity index (χ2n) is 6.64. The number of fused-ring (bicyclic) bond motifs is 3. The molecule has 2 heterocycles. The first kappa shape index (κ1) is 18.4. The molecule has 0 saturated heterocycles. The van der Waals surface area contributed by atoms with E-state index in [1.165, 1.54) is 6.07 Å². The van der Waals surface area contributed by atoms with Gasteiger partial charge >= 0.3 is 6.18 Å². The first-order valence-corrected chi connectivity index (χ1v) is 9.00. The molecule has 3 aromatic rings. The first-order valence-electron chi connectivity index (χ1n) is 9.00. The maximum absolute atomic E-state index is 13.4. The molecule has 1 atom stereocenters. The van der Waals surface area contributed by atoms with Crippen molar-refractivity contribution in [3.05, 3.63) is 82.9 Å². The molecule has 0 bridgehead atoms. The van der Waals surface area contributed by atoms with Crippen LogP contribution >= 0.6 is 0 Å². The average Bonchev–Trinajstić information content (AvgIpc) is 3.04. The van der Waals surface area contributed by atoms with Crippen molar-refractivity contribution in [2.75, 3.05) is 0 Å². The summed E-state index contributed by atoms with van der Waals surface area (Å²) in [5.41, 5.74) is 1.84. The number of aliphatic hydroxyl groups excluding tert-OH is 1. The number of hydrogen-bond donors (Lipinski definition) is 1. The number of aliphatic hydroxyl groups is 1. The van der Waals surface area contributed by atoms with Gasteiger partial charge < -0.3 is 5.11 Å². The zero-order valence-corrected chi connectivity index (χ0v) is 15.1. The van der Waals surface area contributed by atoms with Crippen LogP contribution in [-0.2, 0) is 12.6 Å². The third-order valence-electron chi connectivity index (χ3n) is 4.72. The van der Waals surface area contributed by atoms with Gasteiger partial charge in [-0.05, 0) is 24.6 Å². The highest BCUT2D eigenvalue weighted by Crippen LogP contribution is 2.36. The molecular weight excluding hydrogens is 367 g/mol. The number of imidazole rings is 1. The molecule has 1 unspecified atom stereocenters. The van der Waals surface area contributed by atoms with Crippen molar-refractivity contribution in [2.24, 2.45) is 4.99 Å². The summed E-state index contributed by atoms with van der Waals surface area (Å²) in [4.78, 5) is 8.65. The molecule has 2 aromatic carbocycles. The number of aryl methyl sites for hydroxylation is 1. The van der Waals surface area contributed by atoms with Crippen molar-refractivity contribution in [3.8, 4) is 5.69 Å². The van der Waals surface area contributed by atoms with E-state index in [-0.39, 0.29) is 0 Å². The fourth-order valence-electron chi connectivity index (χ4n) is 3.47. The lowest BCUT2D eigenvalue weighted by atomic mass is 9.98. The predicted octanol–water partition coefficient (Wildman–Crippen LogP) is 4.69. The van der Waals surface area contributed by atoms with Crippen LogP contribution in [0.1, 0.15) is 47.8 Å². The number of hydrogen-bond acceptors (Lipinski definition) is 3. The second kappa shape index (κ2) is 6.91. The SMILES string of the molecule is CCCc1cnc2n1-c1ccc(C(F)(F)F)cc1C(c1ccccc1)=NC2O. The van der Waals surface area contributed by atoms with Gasteiger partial charge in [-0.1, -0.05) is 43.7 Å². The number of aliphatic imine (C=N–C) groups is 1. The lowest BCUT2D eigenvalue weighted by molar-refractivity contribution is -0.137. The minimum atomic E-state index is -4.48. The molecular formula is C21H18F3N3O. The number of rotatable bonds is 3. The number of benzene rings is 2. The van der Waals surface area contributed by atoms with Crippen LogP contribution in [0.15, 0.2) is 59.7 Å². The summed E-state index contributed by atoms with van der Waals surface area (Å²) in [6, 6.07) is 12.5. The first-order chi connectivity index (χ1) is 13.4. The minimum absolute atomic E-state index is 0.301. The van der Waals surface area contributed by atoms with Crippen LogP contribution in [0, 0.1) is 0 Å². The third-order valence-corrected chi connectivity index (χ3v) is 4.72. The lowest BCUT2D eigenvalue weighted by Crippen LogP contribution is -2.13. The molecule has 1 aliphatic rings. The van der Waals surface area contributed by atoms with Gasteiger partial charge in [0.1, 0.15) is 0 Å². The molecule has 0 fully saturated rings. The Morgan fingerprint density at radius 1 is 1.11 bits per heavy atom. The van der Waals surface area contributed by atoms with Crippen LogP contribution in [0.4, 0.5) is 13.2 Å². The minimum Gasteiger partial charge on any atom is -0.365 e. The quantitative estimate of drug-likeness (QED) is 0.711. The second-order valence-corrected chi connectivity index (χ2v) is 6.64. The number of alkyl halides is 3. The van der Waals surface area contributed by atoms with Gasteiger partial charge in [-0.25, -0.2) is 9.98 Å². The summed E-state index contributed by atoms with van der Waals surface area (Å²) in [7, 11) is 0. The van der Waals surface area contributed by atoms with Crippen LogP contribution in [0.25, 0.3) is 5.69 Å². The highest BCUT2D eigenvalue weighted by Gasteiger charge is 2.33. The van der Waals surface area contributed by atoms with Gasteiger partial charge in [0.15, 0.2) is 5.82 Å². The standard InChI is InChI=1S/C21H18F3N3O/c1-2-6-15-12-25-19-20(28)26-18(13-7-4-3-5-8-13)16-11-14(21(22,23)24)9-10-17(16)27(15)19/h3-5,7-12,20,28H,2,6H2,1H3. The van der Waals surface area contributed by atoms with Crippen LogP contribution in [0.5, 0.6) is 0 Å². The van der Waals surface area contributed by atoms with Crippen molar-refractivity contribution >= 4 is 5.71 Å². The smallest absolute Gasteiger partial charge is 0.365 e. The van der Waals surface area contributed by atoms with E-state index in [2.05, 4.69) is 9.98 Å². The van der Waals surface area contributed by atoms with Crippen molar-refractivity contribution in [1.29, 1.82) is 0 Å². The van der Waals surface area contributed by atoms with Gasteiger partial charge in [-0.15, -0.1) is 0 Å². The largest absolute Gasteiger partial charge is 0.416 e. The zero-order valence-electron chi connectivity index (χ0n) is 15.1. The van der Waals surface area contributed by atoms with Crippen LogP contribution in [0.3, 0.4) is 0 Å². The summed E-state index contributed by atoms with van der Waals surface area (Å²) >= 11 is 0. The third kappa shape index (κ3) is 3.11. The van der Waals surface area contributed by atoms with Gasteiger partial charge in [-0.2, -0.15) is 13.2 Å². The van der Waals surface area contributed by atoms with E-state index in [0.29, 0.717) is 34.8 Å². The van der Waals surface area contributed by atoms with Crippen LogP contribution in [0.2, 0.25) is 0 Å². The van der Waals surface area contributed by atoms with Crippen molar-refractivity contribution in [1.82, 2.24) is 9.55 Å². The Morgan fingerprint density at radius 3 is 2.54 bits per heavy atom. The highest BCUT2D eigenvalue weighted by molar-refractivity contribution is 6.15. The zero-order chi connectivity index (χ0) is 19.9. The molecule has 0 radical (unpaired) electrons. The fraction of sp³-hybridized carbons (Fsp3) is 0.238. The molecule has 0 spiro atoms. The maximum Gasteiger partial charge on any atom is 0.416 e. The number of aromatic nitrogens is 2. The monoisotopic (exact) mass is 385 g/mol. The van der Waals surface area contributed by atoms with E-state index in [1.54, 1.807) is 35.0 Å². The van der Waals surface area contributed by atoms with E-state index >= 15 is 0 Å². The topological polar surface area (TPSA) is 50.4 Å². The van der Waals surface area contributed by atoms with Gasteiger partial charge in [0.25, 0.3) is 0 Å². The summed E-state index contributed by atoms with van der Waals surface area (Å²) in [6.07, 6.45) is -2.59. The van der Waals surface area contributed by atoms with Gasteiger partial charge in [0, 0.05) is 23.0 Å². The van der Waals surface area contributed by atoms with Gasteiger partial charge in [-0.3, -0.25) is 4.57 Å². The summed E-state index contributed by atoms with van der Waals surface area (Å²) in [5.74, 6) is 0.301. The Morgan fingerprint density at radius 2 is 1.86 bits per heavy atom. The molecule has 144 valence electrons. The van der Waals surface area contributed by atoms with E-state index in [4.69, 9.17) is 0 Å². The predicted molar refractivity (Wildman–Crippen MR) is 99.6 cm³/mol. The van der Waals surface area contributed by atoms with E-state index in [1.807, 2.05) is 13.0 Å². The van der Waals surface area contributed by atoms with Crippen LogP contribution < -0.4 is 0 Å². The maximum atomic E-state index is 13.4. The van der Waals surface area contributed by atoms with Crippen molar-refractivity contribution in [3.63, 3.8) is 0 Å². The molecule has 4 nitrogen and oxygen atoms in total. The summed E-state index contributed by atoms with van der Waals surface area (Å²) < 4.78 is 41.9. The summed E-state index contributed by atoms with van der Waals surface area (Å²) in [6.45, 7) is 2.01. The molecule has 1 aliphatic heterocycles. The normalized spacial score (nSPS) is 16.2. The Kier molecular flexibility index (Phi) is 4.55. The highest BCUT2D eigenvalue weighted by atomic mass is 19.4. The fourth-order valence-corrected chi connectivity index (χ4v) is 3.47. The molecule has 0 aliphatic carbocycles. The van der Waals surface area contributed by atoms with E-state index < -0.39 is 18.0 Å². The molecule has 0 amide bonds. The molecule has 1 aromatic heterocycles. The molecule has 7 heteroatoms.